The summed E-state index contributed by atoms with van der Waals surface area (Å²) in [5.74, 6) is 1.29. The molecule has 300 valence electrons. The second-order valence-electron chi connectivity index (χ2n) is 15.7. The number of carbonyl (C=O) groups excluding carboxylic acids is 3. The predicted molar refractivity (Wildman–Crippen MR) is 214 cm³/mol. The average molecular weight is 778 g/mol. The molecule has 2 fully saturated rings. The van der Waals surface area contributed by atoms with Crippen molar-refractivity contribution in [1.82, 2.24) is 45.2 Å². The molecule has 2 saturated heterocycles. The number of alkyl carbamates (subject to hydrolysis) is 1. The highest BCUT2D eigenvalue weighted by molar-refractivity contribution is 5.87. The Labute approximate surface area is 331 Å². The van der Waals surface area contributed by atoms with Crippen LogP contribution in [0.4, 0.5) is 16.8 Å². The molecule has 5 aromatic rings. The number of hydrogen-bond acceptors (Lipinski definition) is 11. The Kier molecular flexibility index (Phi) is 11.0. The van der Waals surface area contributed by atoms with Gasteiger partial charge >= 0.3 is 12.1 Å². The normalized spacial score (nSPS) is 19.3. The first-order chi connectivity index (χ1) is 27.4. The number of nitrogens with zero attached hydrogens (tertiary/aromatic N) is 6. The number of ether oxygens (including phenoxy) is 1. The van der Waals surface area contributed by atoms with E-state index >= 15 is 0 Å². The van der Waals surface area contributed by atoms with Crippen molar-refractivity contribution in [1.29, 1.82) is 0 Å². The zero-order valence-electron chi connectivity index (χ0n) is 33.2. The van der Waals surface area contributed by atoms with Crippen molar-refractivity contribution < 1.29 is 23.6 Å². The van der Waals surface area contributed by atoms with Gasteiger partial charge in [0.2, 0.25) is 11.8 Å². The average Bonchev–Trinajstić information content (AvgIpc) is 4.06. The minimum absolute atomic E-state index is 0.0447. The van der Waals surface area contributed by atoms with Gasteiger partial charge in [-0.05, 0) is 71.9 Å². The van der Waals surface area contributed by atoms with E-state index in [1.807, 2.05) is 43.7 Å². The van der Waals surface area contributed by atoms with Gasteiger partial charge in [-0.2, -0.15) is 4.98 Å². The number of imidazole rings is 2. The van der Waals surface area contributed by atoms with Gasteiger partial charge in [-0.1, -0.05) is 76.2 Å². The molecule has 2 aliphatic heterocycles. The Morgan fingerprint density at radius 1 is 0.860 bits per heavy atom. The molecule has 6 N–H and O–H groups in total. The molecule has 0 bridgehead atoms. The Morgan fingerprint density at radius 3 is 2.07 bits per heavy atom. The number of methoxy groups -OCH3 is 1. The molecule has 3 aromatic heterocycles. The van der Waals surface area contributed by atoms with Gasteiger partial charge in [0.25, 0.3) is 5.95 Å². The molecule has 0 radical (unpaired) electrons. The smallest absolute Gasteiger partial charge is 0.407 e. The minimum Gasteiger partial charge on any atom is -0.453 e. The molecule has 2 aliphatic rings. The van der Waals surface area contributed by atoms with Crippen LogP contribution >= 0.6 is 0 Å². The lowest BCUT2D eigenvalue weighted by Crippen LogP contribution is -2.51. The van der Waals surface area contributed by atoms with Gasteiger partial charge in [0.15, 0.2) is 0 Å². The molecule has 2 aromatic carbocycles. The third-order valence-electron chi connectivity index (χ3n) is 11.2. The van der Waals surface area contributed by atoms with E-state index in [0.29, 0.717) is 13.1 Å². The summed E-state index contributed by atoms with van der Waals surface area (Å²) in [5, 5.41) is 9.62. The Hall–Kier alpha value is -6.19. The van der Waals surface area contributed by atoms with Crippen molar-refractivity contribution in [3.05, 3.63) is 72.6 Å². The van der Waals surface area contributed by atoms with Crippen LogP contribution in [0.1, 0.15) is 78.0 Å². The lowest BCUT2D eigenvalue weighted by atomic mass is 9.95. The number of aromatic amines is 2. The van der Waals surface area contributed by atoms with Crippen molar-refractivity contribution in [2.75, 3.05) is 31.2 Å². The Balaban J connectivity index is 1.01. The van der Waals surface area contributed by atoms with E-state index in [2.05, 4.69) is 91.2 Å². The van der Waals surface area contributed by atoms with Crippen molar-refractivity contribution in [2.24, 2.45) is 11.8 Å². The number of nitrogen functional groups attached to an aromatic ring is 1. The number of rotatable bonds is 12. The molecule has 7 rings (SSSR count). The molecule has 16 nitrogen and oxygen atoms in total. The summed E-state index contributed by atoms with van der Waals surface area (Å²) < 4.78 is 9.65. The fourth-order valence-electron chi connectivity index (χ4n) is 7.95. The molecule has 3 amide bonds. The van der Waals surface area contributed by atoms with Gasteiger partial charge in [0, 0.05) is 13.1 Å². The van der Waals surface area contributed by atoms with E-state index in [9.17, 15) is 14.4 Å². The van der Waals surface area contributed by atoms with E-state index in [-0.39, 0.29) is 41.7 Å². The van der Waals surface area contributed by atoms with Crippen LogP contribution < -0.4 is 16.4 Å². The van der Waals surface area contributed by atoms with Gasteiger partial charge in [0.1, 0.15) is 23.7 Å². The summed E-state index contributed by atoms with van der Waals surface area (Å²) in [6.45, 7) is 11.0. The molecule has 0 saturated carbocycles. The summed E-state index contributed by atoms with van der Waals surface area (Å²) in [7, 11) is 1.29. The summed E-state index contributed by atoms with van der Waals surface area (Å²) in [5.41, 5.74) is 10.8. The summed E-state index contributed by atoms with van der Waals surface area (Å²) in [6, 6.07) is 15.0. The zero-order valence-corrected chi connectivity index (χ0v) is 33.2. The Bertz CT molecular complexity index is 2190. The van der Waals surface area contributed by atoms with Crippen LogP contribution in [0.2, 0.25) is 0 Å². The highest BCUT2D eigenvalue weighted by Gasteiger charge is 2.46. The van der Waals surface area contributed by atoms with Crippen molar-refractivity contribution >= 4 is 29.9 Å². The van der Waals surface area contributed by atoms with E-state index in [1.54, 1.807) is 6.20 Å². The second-order valence-corrected chi connectivity index (χ2v) is 15.7. The highest BCUT2D eigenvalue weighted by atomic mass is 16.5. The first-order valence-electron chi connectivity index (χ1n) is 19.5. The summed E-state index contributed by atoms with van der Waals surface area (Å²) >= 11 is 0. The van der Waals surface area contributed by atoms with Crippen LogP contribution in [0.15, 0.2) is 65.4 Å². The molecular formula is C41H51N11O5. The number of carbonyl (C=O) groups is 3. The number of likely N-dealkylation sites (tertiary alicyclic amines) is 2. The van der Waals surface area contributed by atoms with Gasteiger partial charge in [-0.25, -0.2) is 14.8 Å². The largest absolute Gasteiger partial charge is 0.453 e. The maximum Gasteiger partial charge on any atom is 0.407 e. The topological polar surface area (TPSA) is 213 Å². The maximum atomic E-state index is 14.0. The van der Waals surface area contributed by atoms with E-state index in [0.717, 1.165) is 71.0 Å². The lowest BCUT2D eigenvalue weighted by molar-refractivity contribution is -0.137. The van der Waals surface area contributed by atoms with Crippen LogP contribution in [-0.4, -0.2) is 90.1 Å². The number of benzene rings is 2. The fourth-order valence-corrected chi connectivity index (χ4v) is 7.95. The molecule has 4 atom stereocenters. The molecule has 0 aliphatic carbocycles. The van der Waals surface area contributed by atoms with E-state index in [4.69, 9.17) is 20.0 Å². The first kappa shape index (κ1) is 39.1. The van der Waals surface area contributed by atoms with Crippen molar-refractivity contribution in [3.63, 3.8) is 0 Å². The predicted octanol–water partition coefficient (Wildman–Crippen LogP) is 6.12. The lowest BCUT2D eigenvalue weighted by Gasteiger charge is -2.37. The maximum absolute atomic E-state index is 14.0. The van der Waals surface area contributed by atoms with Gasteiger partial charge in [0.05, 0.1) is 42.5 Å². The number of nitrogens with two attached hydrogens (primary N) is 1. The summed E-state index contributed by atoms with van der Waals surface area (Å²) in [6.07, 6.45) is 6.26. The number of aromatic nitrogens is 6. The van der Waals surface area contributed by atoms with Crippen LogP contribution in [0, 0.1) is 11.8 Å². The molecular weight excluding hydrogens is 727 g/mol. The molecule has 57 heavy (non-hydrogen) atoms. The molecule has 0 unspecified atom stereocenters. The summed E-state index contributed by atoms with van der Waals surface area (Å²) in [4.78, 5) is 63.6. The van der Waals surface area contributed by atoms with E-state index < -0.39 is 23.7 Å². The first-order valence-corrected chi connectivity index (χ1v) is 19.5. The number of anilines is 2. The fraction of sp³-hybridized carbons (Fsp3) is 0.439. The number of amides is 3. The zero-order chi connectivity index (χ0) is 40.4. The van der Waals surface area contributed by atoms with Crippen LogP contribution in [-0.2, 0) is 19.9 Å². The third-order valence-corrected chi connectivity index (χ3v) is 11.2. The van der Waals surface area contributed by atoms with Gasteiger partial charge in [-0.3, -0.25) is 9.59 Å². The monoisotopic (exact) mass is 777 g/mol. The molecule has 5 heterocycles. The van der Waals surface area contributed by atoms with Crippen LogP contribution in [0.25, 0.3) is 33.6 Å². The van der Waals surface area contributed by atoms with Gasteiger partial charge < -0.3 is 45.4 Å². The van der Waals surface area contributed by atoms with Gasteiger partial charge in [-0.15, -0.1) is 0 Å². The Morgan fingerprint density at radius 2 is 1.47 bits per heavy atom. The molecule has 16 heteroatoms. The molecule has 0 spiro atoms. The third kappa shape index (κ3) is 7.93. The minimum atomic E-state index is -0.688. The SMILES string of the molecule is COC(=O)N[C@H](C(=O)N1CCC[C@@H]1c1ncc(-c2ccc(-c3ccc(-c4cnc([C@@]5(C)CCCN5C(=O)[C@@H](Nc5noc(N)n5)C(C)C)[nH]4)cc3)cc2)[nH]1)C(C)C. The quantitative estimate of drug-likeness (QED) is 0.0974. The second kappa shape index (κ2) is 16.1. The van der Waals surface area contributed by atoms with Crippen molar-refractivity contribution in [3.8, 4) is 33.6 Å². The number of H-pyrrole nitrogens is 2. The number of nitrogens with one attached hydrogen (secondary N) is 4. The van der Waals surface area contributed by atoms with E-state index in [1.165, 1.54) is 7.11 Å². The van der Waals surface area contributed by atoms with Crippen LogP contribution in [0.5, 0.6) is 0 Å². The highest BCUT2D eigenvalue weighted by Crippen LogP contribution is 2.39. The van der Waals surface area contributed by atoms with Crippen LogP contribution in [0.3, 0.4) is 0 Å². The van der Waals surface area contributed by atoms with Crippen molar-refractivity contribution in [2.45, 2.75) is 84.0 Å². The standard InChI is InChI=1S/C41H51N11O5/c1-23(2)32(48-40(55)56-6)35(53)51-19-7-9-31(51)34-43-21-29(45-34)27-14-10-25(11-15-27)26-12-16-28(17-13-26)30-22-44-37(46-30)41(5)18-8-20-52(41)36(54)33(24(3)4)47-39-49-38(42)57-50-39/h10-17,21-24,31-33H,7-9,18-20H2,1-6H3,(H,43,45)(H,44,46)(H,48,55)(H3,42,47,49,50)/t31-,32+,33+,41-/m1/s1. The number of hydrogen-bond donors (Lipinski definition) is 5.